The average molecular weight is 192 g/mol. The van der Waals surface area contributed by atoms with Crippen molar-refractivity contribution in [3.63, 3.8) is 0 Å². The maximum Gasteiger partial charge on any atom is 0.0982 e. The molecule has 3 N–H and O–H groups in total. The molecule has 0 aliphatic heterocycles. The minimum Gasteiger partial charge on any atom is -0.398 e. The minimum absolute atomic E-state index is 0.0931. The molecule has 1 aromatic heterocycles. The fourth-order valence-electron chi connectivity index (χ4n) is 2.11. The summed E-state index contributed by atoms with van der Waals surface area (Å²) >= 11 is 0. The lowest BCUT2D eigenvalue weighted by Crippen LogP contribution is -2.51. The van der Waals surface area contributed by atoms with Crippen LogP contribution in [-0.4, -0.2) is 10.1 Å². The first kappa shape index (κ1) is 9.46. The molecular weight excluding hydrogens is 176 g/mol. The second-order valence-corrected chi connectivity index (χ2v) is 4.71. The van der Waals surface area contributed by atoms with E-state index < -0.39 is 5.60 Å². The highest BCUT2D eigenvalue weighted by Crippen LogP contribution is 2.56. The van der Waals surface area contributed by atoms with Crippen LogP contribution in [0.25, 0.3) is 0 Å². The van der Waals surface area contributed by atoms with Crippen LogP contribution in [0, 0.1) is 5.41 Å². The molecule has 1 heterocycles. The maximum absolute atomic E-state index is 10.5. The van der Waals surface area contributed by atoms with E-state index in [0.717, 1.165) is 18.4 Å². The van der Waals surface area contributed by atoms with Crippen LogP contribution in [0.15, 0.2) is 18.5 Å². The molecule has 1 aliphatic rings. The molecule has 0 radical (unpaired) electrons. The lowest BCUT2D eigenvalue weighted by Gasteiger charge is -2.53. The van der Waals surface area contributed by atoms with Gasteiger partial charge in [0.1, 0.15) is 0 Å². The van der Waals surface area contributed by atoms with Gasteiger partial charge in [-0.15, -0.1) is 0 Å². The van der Waals surface area contributed by atoms with Gasteiger partial charge in [-0.25, -0.2) is 0 Å². The Balaban J connectivity index is 2.46. The molecule has 1 atom stereocenters. The highest BCUT2D eigenvalue weighted by molar-refractivity contribution is 5.49. The molecule has 1 aliphatic carbocycles. The molecule has 1 unspecified atom stereocenters. The molecular formula is C11H16N2O. The van der Waals surface area contributed by atoms with Crippen LogP contribution in [-0.2, 0) is 5.60 Å². The van der Waals surface area contributed by atoms with Gasteiger partial charge >= 0.3 is 0 Å². The topological polar surface area (TPSA) is 59.1 Å². The molecule has 14 heavy (non-hydrogen) atoms. The predicted octanol–water partition coefficient (Wildman–Crippen LogP) is 1.67. The van der Waals surface area contributed by atoms with Gasteiger partial charge in [0.05, 0.1) is 5.60 Å². The second-order valence-electron chi connectivity index (χ2n) is 4.71. The number of rotatable bonds is 1. The van der Waals surface area contributed by atoms with Gasteiger partial charge in [-0.3, -0.25) is 4.98 Å². The van der Waals surface area contributed by atoms with Gasteiger partial charge in [0, 0.05) is 23.6 Å². The first-order valence-electron chi connectivity index (χ1n) is 4.90. The van der Waals surface area contributed by atoms with E-state index in [9.17, 15) is 5.11 Å². The van der Waals surface area contributed by atoms with Crippen molar-refractivity contribution in [3.05, 3.63) is 24.0 Å². The Morgan fingerprint density at radius 3 is 2.57 bits per heavy atom. The maximum atomic E-state index is 10.5. The van der Waals surface area contributed by atoms with Crippen molar-refractivity contribution in [2.75, 3.05) is 5.73 Å². The van der Waals surface area contributed by atoms with Crippen molar-refractivity contribution in [2.24, 2.45) is 5.41 Å². The summed E-state index contributed by atoms with van der Waals surface area (Å²) in [5.41, 5.74) is 6.37. The molecule has 1 aromatic rings. The summed E-state index contributed by atoms with van der Waals surface area (Å²) in [7, 11) is 0. The third-order valence-electron chi connectivity index (χ3n) is 3.53. The zero-order chi connectivity index (χ0) is 10.4. The van der Waals surface area contributed by atoms with Crippen LogP contribution in [0.2, 0.25) is 0 Å². The van der Waals surface area contributed by atoms with E-state index in [0.29, 0.717) is 5.69 Å². The van der Waals surface area contributed by atoms with E-state index in [1.807, 2.05) is 0 Å². The Labute approximate surface area is 84.0 Å². The van der Waals surface area contributed by atoms with Gasteiger partial charge in [-0.1, -0.05) is 13.8 Å². The van der Waals surface area contributed by atoms with Gasteiger partial charge in [-0.2, -0.15) is 0 Å². The first-order chi connectivity index (χ1) is 6.47. The molecule has 0 amide bonds. The van der Waals surface area contributed by atoms with Gasteiger partial charge in [0.15, 0.2) is 0 Å². The van der Waals surface area contributed by atoms with E-state index in [1.165, 1.54) is 0 Å². The van der Waals surface area contributed by atoms with Gasteiger partial charge in [0.25, 0.3) is 0 Å². The van der Waals surface area contributed by atoms with Crippen molar-refractivity contribution in [1.82, 2.24) is 4.98 Å². The highest BCUT2D eigenvalue weighted by Gasteiger charge is 2.53. The average Bonchev–Trinajstić information content (AvgIpc) is 2.16. The predicted molar refractivity (Wildman–Crippen MR) is 55.6 cm³/mol. The number of nitrogens with zero attached hydrogens (tertiary/aromatic N) is 1. The lowest BCUT2D eigenvalue weighted by molar-refractivity contribution is -0.155. The number of aromatic nitrogens is 1. The summed E-state index contributed by atoms with van der Waals surface area (Å²) < 4.78 is 0. The van der Waals surface area contributed by atoms with Crippen LogP contribution in [0.3, 0.4) is 0 Å². The molecule has 1 fully saturated rings. The molecule has 3 nitrogen and oxygen atoms in total. The van der Waals surface area contributed by atoms with Crippen molar-refractivity contribution in [2.45, 2.75) is 32.3 Å². The van der Waals surface area contributed by atoms with Crippen LogP contribution in [0.1, 0.15) is 32.3 Å². The molecule has 2 rings (SSSR count). The molecule has 0 spiro atoms. The van der Waals surface area contributed by atoms with Crippen molar-refractivity contribution in [1.29, 1.82) is 0 Å². The van der Waals surface area contributed by atoms with E-state index in [2.05, 4.69) is 18.8 Å². The molecule has 0 aromatic carbocycles. The smallest absolute Gasteiger partial charge is 0.0982 e. The van der Waals surface area contributed by atoms with Crippen molar-refractivity contribution >= 4 is 5.69 Å². The van der Waals surface area contributed by atoms with Crippen molar-refractivity contribution in [3.8, 4) is 0 Å². The van der Waals surface area contributed by atoms with E-state index >= 15 is 0 Å². The van der Waals surface area contributed by atoms with Crippen LogP contribution < -0.4 is 5.73 Å². The number of pyridine rings is 1. The fraction of sp³-hybridized carbons (Fsp3) is 0.545. The quantitative estimate of drug-likeness (QED) is 0.711. The van der Waals surface area contributed by atoms with Crippen LogP contribution in [0.5, 0.6) is 0 Å². The SMILES string of the molecule is CC1(C)CCC1(O)c1cnccc1N. The van der Waals surface area contributed by atoms with Gasteiger partial charge in [-0.05, 0) is 24.3 Å². The largest absolute Gasteiger partial charge is 0.398 e. The second kappa shape index (κ2) is 2.70. The van der Waals surface area contributed by atoms with E-state index in [-0.39, 0.29) is 5.41 Å². The number of anilines is 1. The monoisotopic (exact) mass is 192 g/mol. The fourth-order valence-corrected chi connectivity index (χ4v) is 2.11. The van der Waals surface area contributed by atoms with Crippen LogP contribution >= 0.6 is 0 Å². The van der Waals surface area contributed by atoms with E-state index in [1.54, 1.807) is 18.5 Å². The molecule has 76 valence electrons. The Kier molecular flexibility index (Phi) is 1.83. The summed E-state index contributed by atoms with van der Waals surface area (Å²) in [4.78, 5) is 4.02. The van der Waals surface area contributed by atoms with E-state index in [4.69, 9.17) is 5.73 Å². The molecule has 1 saturated carbocycles. The third-order valence-corrected chi connectivity index (χ3v) is 3.53. The summed E-state index contributed by atoms with van der Waals surface area (Å²) in [5.74, 6) is 0. The van der Waals surface area contributed by atoms with Crippen molar-refractivity contribution < 1.29 is 5.11 Å². The normalized spacial score (nSPS) is 29.6. The summed E-state index contributed by atoms with van der Waals surface area (Å²) in [5, 5.41) is 10.5. The summed E-state index contributed by atoms with van der Waals surface area (Å²) in [6.07, 6.45) is 5.12. The summed E-state index contributed by atoms with van der Waals surface area (Å²) in [6, 6.07) is 1.74. The standard InChI is InChI=1S/C11H16N2O/c1-10(2)4-5-11(10,14)8-7-13-6-3-9(8)12/h3,6-7,14H,4-5H2,1-2H3,(H2,12,13). The molecule has 0 bridgehead atoms. The summed E-state index contributed by atoms with van der Waals surface area (Å²) in [6.45, 7) is 4.12. The zero-order valence-electron chi connectivity index (χ0n) is 8.62. The van der Waals surface area contributed by atoms with Crippen LogP contribution in [0.4, 0.5) is 5.69 Å². The first-order valence-corrected chi connectivity index (χ1v) is 4.90. The lowest BCUT2D eigenvalue weighted by atomic mass is 9.56. The minimum atomic E-state index is -0.786. The Hall–Kier alpha value is -1.09. The Morgan fingerprint density at radius 1 is 1.43 bits per heavy atom. The zero-order valence-corrected chi connectivity index (χ0v) is 8.62. The van der Waals surface area contributed by atoms with Gasteiger partial charge < -0.3 is 10.8 Å². The number of nitrogen functional groups attached to an aromatic ring is 1. The number of hydrogen-bond donors (Lipinski definition) is 2. The number of aliphatic hydroxyl groups is 1. The number of nitrogens with two attached hydrogens (primary N) is 1. The highest BCUT2D eigenvalue weighted by atomic mass is 16.3. The van der Waals surface area contributed by atoms with Gasteiger partial charge in [0.2, 0.25) is 0 Å². The Bertz CT molecular complexity index is 362. The third kappa shape index (κ3) is 1.05. The number of hydrogen-bond acceptors (Lipinski definition) is 3. The molecule has 0 saturated heterocycles. The molecule has 3 heteroatoms. The Morgan fingerprint density at radius 2 is 2.14 bits per heavy atom.